The molecule has 0 bridgehead atoms. The van der Waals surface area contributed by atoms with Gasteiger partial charge in [0.15, 0.2) is 5.82 Å². The van der Waals surface area contributed by atoms with Gasteiger partial charge < -0.3 is 10.7 Å². The number of aromatic nitrogens is 3. The minimum absolute atomic E-state index is 0.0971. The highest BCUT2D eigenvalue weighted by molar-refractivity contribution is 7.99. The van der Waals surface area contributed by atoms with E-state index in [4.69, 9.17) is 5.84 Å². The SMILES string of the molecule is Nn1c(SCC(=O)N2CCN(S(=O)(=O)c3ccccc3F)CC2)nnc1-c1cccs1. The average Bonchev–Trinajstić information content (AvgIpc) is 3.42. The number of nitrogen functional groups attached to an aromatic ring is 1. The third-order valence-electron chi connectivity index (χ3n) is 4.78. The summed E-state index contributed by atoms with van der Waals surface area (Å²) in [7, 11) is -3.94. The summed E-state index contributed by atoms with van der Waals surface area (Å²) in [4.78, 5) is 14.7. The number of benzene rings is 1. The van der Waals surface area contributed by atoms with E-state index in [0.717, 1.165) is 10.9 Å². The van der Waals surface area contributed by atoms with Crippen molar-refractivity contribution in [1.29, 1.82) is 0 Å². The topological polar surface area (TPSA) is 114 Å². The normalized spacial score (nSPS) is 15.3. The lowest BCUT2D eigenvalue weighted by molar-refractivity contribution is -0.129. The smallest absolute Gasteiger partial charge is 0.246 e. The second kappa shape index (κ2) is 8.94. The minimum Gasteiger partial charge on any atom is -0.339 e. The monoisotopic (exact) mass is 482 g/mol. The highest BCUT2D eigenvalue weighted by atomic mass is 32.2. The lowest BCUT2D eigenvalue weighted by Gasteiger charge is -2.34. The molecule has 1 fully saturated rings. The summed E-state index contributed by atoms with van der Waals surface area (Å²) in [5, 5.41) is 10.4. The number of piperazine rings is 1. The molecule has 31 heavy (non-hydrogen) atoms. The molecule has 13 heteroatoms. The Morgan fingerprint density at radius 1 is 1.13 bits per heavy atom. The van der Waals surface area contributed by atoms with Crippen molar-refractivity contribution in [2.24, 2.45) is 0 Å². The second-order valence-corrected chi connectivity index (χ2v) is 10.5. The fraction of sp³-hybridized carbons (Fsp3) is 0.278. The Balaban J connectivity index is 1.34. The van der Waals surface area contributed by atoms with Gasteiger partial charge in [0.05, 0.1) is 10.6 Å². The number of thioether (sulfide) groups is 1. The van der Waals surface area contributed by atoms with E-state index in [9.17, 15) is 17.6 Å². The first-order chi connectivity index (χ1) is 14.9. The summed E-state index contributed by atoms with van der Waals surface area (Å²) in [6, 6.07) is 9.04. The van der Waals surface area contributed by atoms with Crippen LogP contribution in [-0.2, 0) is 14.8 Å². The van der Waals surface area contributed by atoms with Crippen molar-refractivity contribution in [3.8, 4) is 10.7 Å². The van der Waals surface area contributed by atoms with E-state index in [1.54, 1.807) is 4.90 Å². The predicted octanol–water partition coefficient (Wildman–Crippen LogP) is 1.48. The van der Waals surface area contributed by atoms with Crippen LogP contribution < -0.4 is 5.84 Å². The Kier molecular flexibility index (Phi) is 6.27. The summed E-state index contributed by atoms with van der Waals surface area (Å²) in [5.41, 5.74) is 0. The fourth-order valence-corrected chi connectivity index (χ4v) is 6.09. The summed E-state index contributed by atoms with van der Waals surface area (Å²) < 4.78 is 41.8. The third-order valence-corrected chi connectivity index (χ3v) is 8.50. The summed E-state index contributed by atoms with van der Waals surface area (Å²) in [6.45, 7) is 0.650. The van der Waals surface area contributed by atoms with Crippen molar-refractivity contribution in [2.75, 3.05) is 37.8 Å². The molecule has 3 heterocycles. The maximum absolute atomic E-state index is 13.9. The first-order valence-corrected chi connectivity index (χ1v) is 12.6. The number of nitrogens with zero attached hydrogens (tertiary/aromatic N) is 5. The summed E-state index contributed by atoms with van der Waals surface area (Å²) >= 11 is 2.66. The summed E-state index contributed by atoms with van der Waals surface area (Å²) in [5.74, 6) is 5.72. The highest BCUT2D eigenvalue weighted by Gasteiger charge is 2.31. The summed E-state index contributed by atoms with van der Waals surface area (Å²) in [6.07, 6.45) is 0. The maximum atomic E-state index is 13.9. The molecule has 0 saturated carbocycles. The standard InChI is InChI=1S/C18H19FN6O3S3/c19-13-4-1-2-6-15(13)31(27,28)24-9-7-23(8-10-24)16(26)12-30-18-22-21-17(25(18)20)14-5-3-11-29-14/h1-6,11H,7-10,12,20H2. The second-order valence-electron chi connectivity index (χ2n) is 6.66. The quantitative estimate of drug-likeness (QED) is 0.418. The fourth-order valence-electron chi connectivity index (χ4n) is 3.14. The van der Waals surface area contributed by atoms with Crippen LogP contribution in [0.15, 0.2) is 51.8 Å². The van der Waals surface area contributed by atoms with Gasteiger partial charge in [0.2, 0.25) is 21.1 Å². The van der Waals surface area contributed by atoms with Gasteiger partial charge in [-0.1, -0.05) is 30.0 Å². The number of thiophene rings is 1. The number of hydrogen-bond donors (Lipinski definition) is 1. The molecule has 0 atom stereocenters. The molecule has 2 aromatic heterocycles. The Labute approximate surface area is 186 Å². The molecule has 1 aliphatic rings. The van der Waals surface area contributed by atoms with E-state index in [1.807, 2.05) is 17.5 Å². The number of halogens is 1. The van der Waals surface area contributed by atoms with Crippen LogP contribution in [0.3, 0.4) is 0 Å². The van der Waals surface area contributed by atoms with Crippen LogP contribution in [0.1, 0.15) is 0 Å². The molecule has 9 nitrogen and oxygen atoms in total. The van der Waals surface area contributed by atoms with Crippen LogP contribution in [-0.4, -0.2) is 70.3 Å². The van der Waals surface area contributed by atoms with Crippen LogP contribution in [0.2, 0.25) is 0 Å². The van der Waals surface area contributed by atoms with E-state index in [1.165, 1.54) is 50.3 Å². The first kappa shape index (κ1) is 21.7. The predicted molar refractivity (Wildman–Crippen MR) is 116 cm³/mol. The molecular weight excluding hydrogens is 463 g/mol. The lowest BCUT2D eigenvalue weighted by atomic mass is 10.3. The first-order valence-electron chi connectivity index (χ1n) is 9.27. The van der Waals surface area contributed by atoms with Gasteiger partial charge in [-0.05, 0) is 23.6 Å². The number of rotatable bonds is 6. The molecule has 1 aromatic carbocycles. The number of carbonyl (C=O) groups excluding carboxylic acids is 1. The van der Waals surface area contributed by atoms with Crippen LogP contribution >= 0.6 is 23.1 Å². The van der Waals surface area contributed by atoms with Crippen molar-refractivity contribution >= 4 is 39.0 Å². The van der Waals surface area contributed by atoms with Crippen molar-refractivity contribution < 1.29 is 17.6 Å². The molecule has 1 amide bonds. The molecule has 0 radical (unpaired) electrons. The zero-order chi connectivity index (χ0) is 22.0. The Morgan fingerprint density at radius 3 is 2.55 bits per heavy atom. The number of nitrogens with two attached hydrogens (primary N) is 1. The van der Waals surface area contributed by atoms with Gasteiger partial charge in [-0.2, -0.15) is 4.31 Å². The van der Waals surface area contributed by atoms with Gasteiger partial charge in [0, 0.05) is 26.2 Å². The Bertz CT molecular complexity index is 1170. The number of sulfonamides is 1. The van der Waals surface area contributed by atoms with Crippen molar-refractivity contribution in [2.45, 2.75) is 10.1 Å². The molecule has 1 saturated heterocycles. The number of carbonyl (C=O) groups is 1. The van der Waals surface area contributed by atoms with Crippen molar-refractivity contribution in [3.05, 3.63) is 47.6 Å². The van der Waals surface area contributed by atoms with Crippen LogP contribution in [0.25, 0.3) is 10.7 Å². The van der Waals surface area contributed by atoms with E-state index in [-0.39, 0.29) is 42.7 Å². The largest absolute Gasteiger partial charge is 0.339 e. The zero-order valence-electron chi connectivity index (χ0n) is 16.2. The molecule has 4 rings (SSSR count). The van der Waals surface area contributed by atoms with E-state index >= 15 is 0 Å². The van der Waals surface area contributed by atoms with Crippen LogP contribution in [0.5, 0.6) is 0 Å². The van der Waals surface area contributed by atoms with Crippen molar-refractivity contribution in [1.82, 2.24) is 24.1 Å². The molecule has 164 valence electrons. The van der Waals surface area contributed by atoms with Crippen LogP contribution in [0.4, 0.5) is 4.39 Å². The molecular formula is C18H19FN6O3S3. The molecule has 0 spiro atoms. The van der Waals surface area contributed by atoms with Gasteiger partial charge in [-0.25, -0.2) is 17.5 Å². The van der Waals surface area contributed by atoms with Gasteiger partial charge in [-0.3, -0.25) is 4.79 Å². The van der Waals surface area contributed by atoms with Crippen LogP contribution in [0, 0.1) is 5.82 Å². The number of hydrogen-bond acceptors (Lipinski definition) is 8. The van der Waals surface area contributed by atoms with E-state index < -0.39 is 15.8 Å². The number of amides is 1. The molecule has 0 unspecified atom stereocenters. The Morgan fingerprint density at radius 2 is 1.87 bits per heavy atom. The minimum atomic E-state index is -3.94. The zero-order valence-corrected chi connectivity index (χ0v) is 18.7. The molecule has 3 aromatic rings. The molecule has 1 aliphatic heterocycles. The van der Waals surface area contributed by atoms with Gasteiger partial charge in [-0.15, -0.1) is 21.5 Å². The molecule has 0 aliphatic carbocycles. The lowest BCUT2D eigenvalue weighted by Crippen LogP contribution is -2.51. The maximum Gasteiger partial charge on any atom is 0.246 e. The Hall–Kier alpha value is -2.48. The van der Waals surface area contributed by atoms with Gasteiger partial charge in [0.1, 0.15) is 10.7 Å². The molecule has 2 N–H and O–H groups in total. The highest BCUT2D eigenvalue weighted by Crippen LogP contribution is 2.25. The average molecular weight is 483 g/mol. The van der Waals surface area contributed by atoms with Crippen molar-refractivity contribution in [3.63, 3.8) is 0 Å². The third kappa shape index (κ3) is 4.44. The van der Waals surface area contributed by atoms with E-state index in [0.29, 0.717) is 11.0 Å². The van der Waals surface area contributed by atoms with Gasteiger partial charge >= 0.3 is 0 Å². The van der Waals surface area contributed by atoms with E-state index in [2.05, 4.69) is 10.2 Å². The van der Waals surface area contributed by atoms with Gasteiger partial charge in [0.25, 0.3) is 0 Å².